The van der Waals surface area contributed by atoms with Crippen LogP contribution in [-0.4, -0.2) is 12.2 Å². The smallest absolute Gasteiger partial charge is 0.125 e. The molecule has 0 saturated carbocycles. The molecule has 58 valence electrons. The highest BCUT2D eigenvalue weighted by atomic mass is 14.9. The molecule has 1 heterocycles. The maximum absolute atomic E-state index is 4.17. The molecular weight excluding hydrogens is 136 g/mol. The van der Waals surface area contributed by atoms with Crippen LogP contribution in [0, 0.1) is 5.41 Å². The van der Waals surface area contributed by atoms with Crippen LogP contribution in [0.3, 0.4) is 0 Å². The van der Waals surface area contributed by atoms with Crippen molar-refractivity contribution in [3.63, 3.8) is 0 Å². The zero-order valence-corrected chi connectivity index (χ0v) is 7.13. The second kappa shape index (κ2) is 2.85. The van der Waals surface area contributed by atoms with Crippen molar-refractivity contribution in [2.45, 2.75) is 20.8 Å². The van der Waals surface area contributed by atoms with Crippen LogP contribution < -0.4 is 0 Å². The van der Waals surface area contributed by atoms with Gasteiger partial charge in [0.15, 0.2) is 0 Å². The zero-order chi connectivity index (χ0) is 8.32. The van der Waals surface area contributed by atoms with Gasteiger partial charge in [0.1, 0.15) is 6.34 Å². The van der Waals surface area contributed by atoms with Gasteiger partial charge in [-0.05, 0) is 11.9 Å². The molecular formula is C9H12N2. The fourth-order valence-corrected chi connectivity index (χ4v) is 0.770. The van der Waals surface area contributed by atoms with Crippen molar-refractivity contribution in [2.24, 2.45) is 15.4 Å². The Morgan fingerprint density at radius 3 is 2.73 bits per heavy atom. The molecule has 0 aromatic carbocycles. The molecule has 0 fully saturated rings. The summed E-state index contributed by atoms with van der Waals surface area (Å²) in [6, 6.07) is 0. The monoisotopic (exact) mass is 148 g/mol. The lowest BCUT2D eigenvalue weighted by Gasteiger charge is -2.17. The summed E-state index contributed by atoms with van der Waals surface area (Å²) >= 11 is 0. The van der Waals surface area contributed by atoms with E-state index >= 15 is 0 Å². The molecule has 0 N–H and O–H groups in total. The summed E-state index contributed by atoms with van der Waals surface area (Å²) in [5.74, 6) is 2.72. The number of rotatable bonds is 0. The first-order valence-electron chi connectivity index (χ1n) is 3.62. The lowest BCUT2D eigenvalue weighted by Crippen LogP contribution is -2.07. The van der Waals surface area contributed by atoms with Crippen molar-refractivity contribution < 1.29 is 0 Å². The molecule has 0 aliphatic carbocycles. The van der Waals surface area contributed by atoms with Gasteiger partial charge in [-0.2, -0.15) is 4.99 Å². The molecule has 0 radical (unpaired) electrons. The largest absolute Gasteiger partial charge is 0.240 e. The minimum atomic E-state index is 0.0918. The van der Waals surface area contributed by atoms with E-state index in [1.165, 1.54) is 6.34 Å². The average molecular weight is 148 g/mol. The summed E-state index contributed by atoms with van der Waals surface area (Å²) in [5.41, 5.74) is 1.13. The third kappa shape index (κ3) is 2.17. The summed E-state index contributed by atoms with van der Waals surface area (Å²) in [7, 11) is 0. The maximum atomic E-state index is 4.17. The minimum Gasteiger partial charge on any atom is -0.240 e. The SMILES string of the molecule is CC(C)(C)C1=CC=C=NC=N1. The summed E-state index contributed by atoms with van der Waals surface area (Å²) in [6.45, 7) is 6.36. The van der Waals surface area contributed by atoms with Crippen molar-refractivity contribution in [2.75, 3.05) is 0 Å². The van der Waals surface area contributed by atoms with Crippen molar-refractivity contribution in [3.8, 4) is 0 Å². The molecule has 2 nitrogen and oxygen atoms in total. The van der Waals surface area contributed by atoms with E-state index in [9.17, 15) is 0 Å². The van der Waals surface area contributed by atoms with Crippen LogP contribution in [0.4, 0.5) is 0 Å². The van der Waals surface area contributed by atoms with Crippen LogP contribution in [0.5, 0.6) is 0 Å². The molecule has 1 rings (SSSR count). The Bertz CT molecular complexity index is 258. The molecule has 11 heavy (non-hydrogen) atoms. The molecule has 2 heteroatoms. The zero-order valence-electron chi connectivity index (χ0n) is 7.13. The van der Waals surface area contributed by atoms with Crippen LogP contribution in [-0.2, 0) is 0 Å². The first kappa shape index (κ1) is 7.96. The molecule has 0 bridgehead atoms. The second-order valence-corrected chi connectivity index (χ2v) is 3.47. The molecule has 0 amide bonds. The molecule has 0 aromatic rings. The van der Waals surface area contributed by atoms with Gasteiger partial charge in [0.25, 0.3) is 0 Å². The van der Waals surface area contributed by atoms with Crippen molar-refractivity contribution in [3.05, 3.63) is 17.8 Å². The van der Waals surface area contributed by atoms with E-state index in [1.807, 2.05) is 6.08 Å². The van der Waals surface area contributed by atoms with Crippen LogP contribution in [0.15, 0.2) is 27.8 Å². The van der Waals surface area contributed by atoms with E-state index in [1.54, 1.807) is 6.08 Å². The van der Waals surface area contributed by atoms with Crippen molar-refractivity contribution in [1.82, 2.24) is 0 Å². The summed E-state index contributed by atoms with van der Waals surface area (Å²) < 4.78 is 0. The Labute approximate surface area is 67.1 Å². The predicted molar refractivity (Wildman–Crippen MR) is 48.0 cm³/mol. The van der Waals surface area contributed by atoms with E-state index in [2.05, 4.69) is 36.6 Å². The molecule has 0 spiro atoms. The van der Waals surface area contributed by atoms with Gasteiger partial charge in [-0.1, -0.05) is 20.8 Å². The van der Waals surface area contributed by atoms with Gasteiger partial charge in [0, 0.05) is 17.2 Å². The average Bonchev–Trinajstić information content (AvgIpc) is 2.10. The van der Waals surface area contributed by atoms with Gasteiger partial charge in [-0.25, -0.2) is 4.99 Å². The van der Waals surface area contributed by atoms with Gasteiger partial charge < -0.3 is 0 Å². The van der Waals surface area contributed by atoms with Crippen molar-refractivity contribution in [1.29, 1.82) is 0 Å². The lowest BCUT2D eigenvalue weighted by atomic mass is 9.92. The van der Waals surface area contributed by atoms with Crippen LogP contribution >= 0.6 is 0 Å². The summed E-state index contributed by atoms with van der Waals surface area (Å²) in [5, 5.41) is 0. The van der Waals surface area contributed by atoms with Gasteiger partial charge in [0.2, 0.25) is 0 Å². The topological polar surface area (TPSA) is 24.7 Å². The fourth-order valence-electron chi connectivity index (χ4n) is 0.770. The van der Waals surface area contributed by atoms with Gasteiger partial charge in [-0.15, -0.1) is 0 Å². The van der Waals surface area contributed by atoms with E-state index in [0.29, 0.717) is 0 Å². The quantitative estimate of drug-likeness (QED) is 0.503. The number of nitrogens with zero attached hydrogens (tertiary/aromatic N) is 2. The predicted octanol–water partition coefficient (Wildman–Crippen LogP) is 2.18. The number of hydrogen-bond donors (Lipinski definition) is 0. The summed E-state index contributed by atoms with van der Waals surface area (Å²) in [4.78, 5) is 7.96. The standard InChI is InChI=1S/C9H12N2/c1-9(2,3)8-5-4-6-10-7-11-8/h4-5,7H,1-3H3. The first-order chi connectivity index (χ1) is 5.11. The van der Waals surface area contributed by atoms with E-state index in [4.69, 9.17) is 0 Å². The highest BCUT2D eigenvalue weighted by molar-refractivity contribution is 5.72. The first-order valence-corrected chi connectivity index (χ1v) is 3.62. The molecule has 0 saturated heterocycles. The van der Waals surface area contributed by atoms with Crippen LogP contribution in [0.2, 0.25) is 0 Å². The third-order valence-corrected chi connectivity index (χ3v) is 1.41. The lowest BCUT2D eigenvalue weighted by molar-refractivity contribution is 0.499. The maximum Gasteiger partial charge on any atom is 0.125 e. The van der Waals surface area contributed by atoms with E-state index in [-0.39, 0.29) is 5.41 Å². The highest BCUT2D eigenvalue weighted by Gasteiger charge is 2.15. The number of allylic oxidation sites excluding steroid dienone is 3. The van der Waals surface area contributed by atoms with Crippen molar-refractivity contribution >= 4 is 12.2 Å². The second-order valence-electron chi connectivity index (χ2n) is 3.47. The molecule has 1 aliphatic heterocycles. The summed E-state index contributed by atoms with van der Waals surface area (Å²) in [6.07, 6.45) is 5.25. The Balaban J connectivity index is 2.93. The van der Waals surface area contributed by atoms with Gasteiger partial charge in [0.05, 0.1) is 0 Å². The Morgan fingerprint density at radius 2 is 2.09 bits per heavy atom. The molecule has 1 aliphatic rings. The highest BCUT2D eigenvalue weighted by Crippen LogP contribution is 2.25. The third-order valence-electron chi connectivity index (χ3n) is 1.41. The van der Waals surface area contributed by atoms with Gasteiger partial charge >= 0.3 is 0 Å². The number of hydrogen-bond acceptors (Lipinski definition) is 2. The molecule has 0 atom stereocenters. The number of aliphatic imine (C=N–C) groups is 2. The van der Waals surface area contributed by atoms with E-state index in [0.717, 1.165) is 5.70 Å². The van der Waals surface area contributed by atoms with Gasteiger partial charge in [-0.3, -0.25) is 0 Å². The normalized spacial score (nSPS) is 16.5. The minimum absolute atomic E-state index is 0.0918. The molecule has 0 unspecified atom stereocenters. The Hall–Kier alpha value is -1.14. The van der Waals surface area contributed by atoms with Crippen LogP contribution in [0.25, 0.3) is 0 Å². The Morgan fingerprint density at radius 1 is 1.36 bits per heavy atom. The fraction of sp³-hybridized carbons (Fsp3) is 0.444. The van der Waals surface area contributed by atoms with Crippen LogP contribution in [0.1, 0.15) is 20.8 Å². The Kier molecular flexibility index (Phi) is 2.06. The van der Waals surface area contributed by atoms with E-state index < -0.39 is 0 Å². The molecule has 0 aromatic heterocycles.